The first-order valence-electron chi connectivity index (χ1n) is 14.4. The van der Waals surface area contributed by atoms with Crippen LogP contribution in [0.25, 0.3) is 0 Å². The molecule has 0 aliphatic carbocycles. The molecule has 5 rings (SSSR count). The van der Waals surface area contributed by atoms with Crippen molar-refractivity contribution in [2.24, 2.45) is 0 Å². The van der Waals surface area contributed by atoms with Gasteiger partial charge in [0.2, 0.25) is 0 Å². The Hall–Kier alpha value is -3.89. The van der Waals surface area contributed by atoms with Gasteiger partial charge in [0.1, 0.15) is 18.4 Å². The summed E-state index contributed by atoms with van der Waals surface area (Å²) in [6.45, 7) is 9.55. The van der Waals surface area contributed by atoms with Gasteiger partial charge in [-0.3, -0.25) is 19.1 Å². The van der Waals surface area contributed by atoms with Gasteiger partial charge >= 0.3 is 5.69 Å². The van der Waals surface area contributed by atoms with E-state index in [0.717, 1.165) is 10.4 Å². The Bertz CT molecular complexity index is 1710. The molecule has 1 aliphatic heterocycles. The summed E-state index contributed by atoms with van der Waals surface area (Å²) in [6.07, 6.45) is -2.93. The number of hydrogen-bond acceptors (Lipinski definition) is 6. The number of rotatable bonds is 7. The van der Waals surface area contributed by atoms with E-state index in [2.05, 4.69) is 25.8 Å². The molecule has 224 valence electrons. The number of aliphatic hydroxyl groups excluding tert-OH is 1. The van der Waals surface area contributed by atoms with E-state index in [1.54, 1.807) is 32.0 Å². The van der Waals surface area contributed by atoms with E-state index in [1.165, 1.54) is 10.8 Å². The number of ether oxygens (including phenoxy) is 1. The van der Waals surface area contributed by atoms with E-state index < -0.39 is 53.8 Å². The van der Waals surface area contributed by atoms with E-state index in [9.17, 15) is 24.6 Å². The summed E-state index contributed by atoms with van der Waals surface area (Å²) in [4.78, 5) is 41.6. The molecule has 2 heterocycles. The Morgan fingerprint density at radius 1 is 0.930 bits per heavy atom. The summed E-state index contributed by atoms with van der Waals surface area (Å²) >= 11 is 0. The van der Waals surface area contributed by atoms with Gasteiger partial charge < -0.3 is 14.9 Å². The zero-order valence-electron chi connectivity index (χ0n) is 25.1. The van der Waals surface area contributed by atoms with Gasteiger partial charge in [0.05, 0.1) is 5.22 Å². The molecule has 0 saturated carbocycles. The van der Waals surface area contributed by atoms with Crippen LogP contribution in [0.15, 0.2) is 101 Å². The summed E-state index contributed by atoms with van der Waals surface area (Å²) in [7, 11) is -3.51. The summed E-state index contributed by atoms with van der Waals surface area (Å²) in [6, 6.07) is 26.4. The quantitative estimate of drug-likeness (QED) is 0.222. The molecule has 0 radical (unpaired) electrons. The van der Waals surface area contributed by atoms with Crippen LogP contribution in [0.3, 0.4) is 0 Å². The van der Waals surface area contributed by atoms with E-state index in [0.29, 0.717) is 11.1 Å². The number of H-pyrrole nitrogens is 1. The lowest BCUT2D eigenvalue weighted by Gasteiger charge is -2.54. The predicted octanol–water partition coefficient (Wildman–Crippen LogP) is 3.02. The molecule has 8 nitrogen and oxygen atoms in total. The van der Waals surface area contributed by atoms with Crippen molar-refractivity contribution in [1.82, 2.24) is 9.55 Å². The van der Waals surface area contributed by atoms with Crippen LogP contribution in [0.4, 0.5) is 0 Å². The zero-order valence-corrected chi connectivity index (χ0v) is 26.1. The maximum absolute atomic E-state index is 14.0. The minimum Gasteiger partial charge on any atom is -0.390 e. The van der Waals surface area contributed by atoms with Gasteiger partial charge in [-0.2, -0.15) is 0 Å². The molecule has 4 aromatic rings. The smallest absolute Gasteiger partial charge is 0.330 e. The van der Waals surface area contributed by atoms with Crippen molar-refractivity contribution in [1.29, 1.82) is 0 Å². The Morgan fingerprint density at radius 2 is 1.47 bits per heavy atom. The van der Waals surface area contributed by atoms with Crippen LogP contribution >= 0.6 is 0 Å². The van der Waals surface area contributed by atoms with E-state index in [-0.39, 0.29) is 12.0 Å². The van der Waals surface area contributed by atoms with E-state index >= 15 is 0 Å². The summed E-state index contributed by atoms with van der Waals surface area (Å²) in [5.41, 5.74) is 0.0715. The number of carbonyl (C=O) groups is 1. The highest BCUT2D eigenvalue weighted by molar-refractivity contribution is 7.06. The number of nitrogens with zero attached hydrogens (tertiary/aromatic N) is 1. The van der Waals surface area contributed by atoms with Gasteiger partial charge in [0, 0.05) is 23.7 Å². The number of benzene rings is 3. The molecule has 1 aliphatic rings. The monoisotopic (exact) mass is 598 g/mol. The van der Waals surface area contributed by atoms with Crippen molar-refractivity contribution >= 4 is 24.2 Å². The van der Waals surface area contributed by atoms with Crippen molar-refractivity contribution in [2.75, 3.05) is 0 Å². The summed E-state index contributed by atoms with van der Waals surface area (Å²) in [5.74, 6) is -0.579. The molecule has 9 heteroatoms. The topological polar surface area (TPSA) is 122 Å². The fourth-order valence-corrected chi connectivity index (χ4v) is 14.0. The number of aryl methyl sites for hydroxylation is 2. The van der Waals surface area contributed by atoms with Crippen molar-refractivity contribution in [3.8, 4) is 0 Å². The lowest BCUT2D eigenvalue weighted by Crippen LogP contribution is -2.81. The maximum atomic E-state index is 14.0. The maximum Gasteiger partial charge on any atom is 0.330 e. The third-order valence-electron chi connectivity index (χ3n) is 8.87. The number of aromatic nitrogens is 2. The van der Waals surface area contributed by atoms with Crippen LogP contribution in [0.5, 0.6) is 0 Å². The molecule has 1 aromatic heterocycles. The summed E-state index contributed by atoms with van der Waals surface area (Å²) < 4.78 is 7.72. The molecule has 1 unspecified atom stereocenters. The first-order valence-corrected chi connectivity index (χ1v) is 16.4. The number of carbonyl (C=O) groups excluding carboxylic acids is 1. The SMILES string of the molecule is Cc1ccccc1C(=O)C(O)[C@H]1O[C@@H](n2cc(C)c(=O)[nH]c2=O)C[C@@]1(O)[Si](c1ccccc1)(c1ccccc1)C(C)(C)C. The lowest BCUT2D eigenvalue weighted by atomic mass is 9.95. The van der Waals surface area contributed by atoms with Crippen molar-refractivity contribution < 1.29 is 19.7 Å². The highest BCUT2D eigenvalue weighted by Gasteiger charge is 2.69. The molecule has 3 N–H and O–H groups in total. The number of aliphatic hydroxyl groups is 2. The van der Waals surface area contributed by atoms with Crippen LogP contribution in [-0.2, 0) is 4.74 Å². The van der Waals surface area contributed by atoms with Gasteiger partial charge in [0.25, 0.3) is 5.56 Å². The molecular formula is C34H38N2O6Si. The Kier molecular flexibility index (Phi) is 8.04. The van der Waals surface area contributed by atoms with Gasteiger partial charge in [0.15, 0.2) is 13.9 Å². The molecule has 1 saturated heterocycles. The van der Waals surface area contributed by atoms with Gasteiger partial charge in [-0.15, -0.1) is 0 Å². The number of hydrogen-bond donors (Lipinski definition) is 3. The van der Waals surface area contributed by atoms with Crippen molar-refractivity contribution in [2.45, 2.75) is 69.7 Å². The molecule has 0 amide bonds. The number of ketones is 1. The highest BCUT2D eigenvalue weighted by Crippen LogP contribution is 2.52. The van der Waals surface area contributed by atoms with Crippen molar-refractivity contribution in [3.63, 3.8) is 0 Å². The van der Waals surface area contributed by atoms with E-state index in [4.69, 9.17) is 4.74 Å². The number of Topliss-reactive ketones (excluding diaryl/α,β-unsaturated/α-hetero) is 1. The standard InChI is InChI=1S/C34H38N2O6Si/c1-22-14-12-13-19-26(22)28(37)29(38)30-34(41,20-27(42-30)36-21-23(2)31(39)35-32(36)40)43(33(3,4)5,24-15-8-6-9-16-24)25-17-10-7-11-18-25/h6-19,21,27,29-30,38,41H,20H2,1-5H3,(H,35,39,40)/t27-,29?,30-,34-/m1/s1. The van der Waals surface area contributed by atoms with Crippen LogP contribution in [0.1, 0.15) is 54.9 Å². The van der Waals surface area contributed by atoms with Gasteiger partial charge in [-0.25, -0.2) is 4.79 Å². The summed E-state index contributed by atoms with van der Waals surface area (Å²) in [5, 5.41) is 24.8. The lowest BCUT2D eigenvalue weighted by molar-refractivity contribution is -0.0837. The van der Waals surface area contributed by atoms with Crippen LogP contribution < -0.4 is 21.6 Å². The average molecular weight is 599 g/mol. The van der Waals surface area contributed by atoms with Crippen LogP contribution in [0, 0.1) is 13.8 Å². The predicted molar refractivity (Wildman–Crippen MR) is 169 cm³/mol. The second-order valence-corrected chi connectivity index (χ2v) is 17.5. The van der Waals surface area contributed by atoms with Crippen molar-refractivity contribution in [3.05, 3.63) is 129 Å². The second-order valence-electron chi connectivity index (χ2n) is 12.5. The van der Waals surface area contributed by atoms with Crippen LogP contribution in [0.2, 0.25) is 5.04 Å². The first kappa shape index (κ1) is 30.6. The molecule has 43 heavy (non-hydrogen) atoms. The molecule has 0 bridgehead atoms. The van der Waals surface area contributed by atoms with Gasteiger partial charge in [-0.1, -0.05) is 116 Å². The average Bonchev–Trinajstić information content (AvgIpc) is 3.33. The largest absolute Gasteiger partial charge is 0.390 e. The third-order valence-corrected chi connectivity index (χ3v) is 15.3. The fraction of sp³-hybridized carbons (Fsp3) is 0.324. The number of aromatic amines is 1. The molecular weight excluding hydrogens is 560 g/mol. The van der Waals surface area contributed by atoms with E-state index in [1.807, 2.05) is 66.7 Å². The molecule has 4 atom stereocenters. The Morgan fingerprint density at radius 3 is 2.00 bits per heavy atom. The molecule has 3 aromatic carbocycles. The van der Waals surface area contributed by atoms with Crippen LogP contribution in [-0.4, -0.2) is 51.1 Å². The normalized spacial score (nSPS) is 21.5. The van der Waals surface area contributed by atoms with Gasteiger partial charge in [-0.05, 0) is 24.4 Å². The second kappa shape index (κ2) is 11.3. The Balaban J connectivity index is 1.81. The number of nitrogens with one attached hydrogen (secondary N) is 1. The third kappa shape index (κ3) is 4.96. The zero-order chi connectivity index (χ0) is 31.2. The minimum atomic E-state index is -3.51. The first-order chi connectivity index (χ1) is 20.3. The fourth-order valence-electron chi connectivity index (χ4n) is 7.08. The Labute approximate surface area is 251 Å². The minimum absolute atomic E-state index is 0.103. The highest BCUT2D eigenvalue weighted by atomic mass is 28.3. The molecule has 1 fully saturated rings. The molecule has 0 spiro atoms.